The number of hydrogen-bond donors (Lipinski definition) is 0. The Kier molecular flexibility index (Phi) is 4.57. The summed E-state index contributed by atoms with van der Waals surface area (Å²) >= 11 is 0. The normalized spacial score (nSPS) is 16.4. The summed E-state index contributed by atoms with van der Waals surface area (Å²) in [7, 11) is 0. The maximum absolute atomic E-state index is 4.63. The van der Waals surface area contributed by atoms with E-state index in [9.17, 15) is 0 Å². The van der Waals surface area contributed by atoms with E-state index in [1.807, 2.05) is 6.20 Å². The van der Waals surface area contributed by atoms with Crippen LogP contribution in [0, 0.1) is 6.92 Å². The fourth-order valence-corrected chi connectivity index (χ4v) is 2.67. The molecule has 0 saturated heterocycles. The van der Waals surface area contributed by atoms with Gasteiger partial charge in [0.1, 0.15) is 0 Å². The predicted molar refractivity (Wildman–Crippen MR) is 84.1 cm³/mol. The Hall–Kier alpha value is -1.37. The number of aryl methyl sites for hydroxylation is 3. The van der Waals surface area contributed by atoms with Gasteiger partial charge < -0.3 is 0 Å². The van der Waals surface area contributed by atoms with Gasteiger partial charge in [-0.1, -0.05) is 18.6 Å². The molecule has 1 heteroatoms. The lowest BCUT2D eigenvalue weighted by Crippen LogP contribution is -2.07. The second-order valence-corrected chi connectivity index (χ2v) is 5.69. The summed E-state index contributed by atoms with van der Waals surface area (Å²) < 4.78 is 0. The average Bonchev–Trinajstić information content (AvgIpc) is 2.43. The highest BCUT2D eigenvalue weighted by Gasteiger charge is 2.12. The monoisotopic (exact) mass is 255 g/mol. The molecule has 1 aliphatic rings. The minimum absolute atomic E-state index is 1.07. The number of rotatable bonds is 3. The Morgan fingerprint density at radius 2 is 1.79 bits per heavy atom. The highest BCUT2D eigenvalue weighted by Crippen LogP contribution is 2.25. The molecule has 0 bridgehead atoms. The van der Waals surface area contributed by atoms with E-state index in [1.165, 1.54) is 47.9 Å². The van der Waals surface area contributed by atoms with Crippen LogP contribution in [0.15, 0.2) is 28.9 Å². The lowest BCUT2D eigenvalue weighted by Gasteiger charge is -2.18. The van der Waals surface area contributed by atoms with Gasteiger partial charge in [-0.2, -0.15) is 0 Å². The Labute approximate surface area is 117 Å². The number of hydrogen-bond acceptors (Lipinski definition) is 1. The zero-order chi connectivity index (χ0) is 13.8. The van der Waals surface area contributed by atoms with Crippen LogP contribution in [-0.4, -0.2) is 5.71 Å². The molecule has 0 aliphatic heterocycles. The van der Waals surface area contributed by atoms with Crippen molar-refractivity contribution in [2.75, 3.05) is 0 Å². The average molecular weight is 255 g/mol. The molecular weight excluding hydrogens is 230 g/mol. The smallest absolute Gasteiger partial charge is 0.0447 e. The molecule has 1 nitrogen and oxygen atoms in total. The van der Waals surface area contributed by atoms with Crippen LogP contribution in [0.2, 0.25) is 0 Å². The van der Waals surface area contributed by atoms with Gasteiger partial charge in [0.2, 0.25) is 0 Å². The summed E-state index contributed by atoms with van der Waals surface area (Å²) in [5, 5.41) is 0. The Balaban J connectivity index is 2.34. The fraction of sp³-hybridized carbons (Fsp3) is 0.500. The standard InChI is InChI=1S/C18H25N/c1-5-13(2)12-19-15(4)18-11-17-9-7-6-8-16(17)10-14(18)3/h10-12H,5-9H2,1-4H3/b13-12+,19-15?. The molecule has 0 unspecified atom stereocenters. The zero-order valence-corrected chi connectivity index (χ0v) is 12.7. The summed E-state index contributed by atoms with van der Waals surface area (Å²) in [6, 6.07) is 4.75. The first-order valence-corrected chi connectivity index (χ1v) is 7.44. The number of benzene rings is 1. The molecule has 1 aromatic rings. The molecular formula is C18H25N. The molecule has 0 radical (unpaired) electrons. The van der Waals surface area contributed by atoms with Crippen molar-refractivity contribution in [1.29, 1.82) is 0 Å². The molecule has 1 aromatic carbocycles. The second-order valence-electron chi connectivity index (χ2n) is 5.69. The van der Waals surface area contributed by atoms with Gasteiger partial charge in [-0.3, -0.25) is 4.99 Å². The minimum atomic E-state index is 1.07. The van der Waals surface area contributed by atoms with Crippen molar-refractivity contribution >= 4 is 5.71 Å². The molecule has 0 saturated carbocycles. The van der Waals surface area contributed by atoms with Crippen LogP contribution in [0.3, 0.4) is 0 Å². The van der Waals surface area contributed by atoms with Gasteiger partial charge in [-0.15, -0.1) is 0 Å². The highest BCUT2D eigenvalue weighted by molar-refractivity contribution is 6.00. The van der Waals surface area contributed by atoms with Gasteiger partial charge in [0.25, 0.3) is 0 Å². The Bertz CT molecular complexity index is 521. The molecule has 102 valence electrons. The van der Waals surface area contributed by atoms with Gasteiger partial charge in [0, 0.05) is 11.9 Å². The highest BCUT2D eigenvalue weighted by atomic mass is 14.7. The first kappa shape index (κ1) is 14.0. The quantitative estimate of drug-likeness (QED) is 0.674. The third kappa shape index (κ3) is 3.34. The van der Waals surface area contributed by atoms with Crippen LogP contribution in [0.5, 0.6) is 0 Å². The summed E-state index contributed by atoms with van der Waals surface area (Å²) in [4.78, 5) is 4.63. The predicted octanol–water partition coefficient (Wildman–Crippen LogP) is 5.00. The van der Waals surface area contributed by atoms with E-state index in [1.54, 1.807) is 5.56 Å². The Morgan fingerprint density at radius 3 is 2.42 bits per heavy atom. The fourth-order valence-electron chi connectivity index (χ4n) is 2.67. The number of aliphatic imine (C=N–C) groups is 1. The van der Waals surface area contributed by atoms with E-state index in [0.717, 1.165) is 12.1 Å². The first-order chi connectivity index (χ1) is 9.11. The first-order valence-electron chi connectivity index (χ1n) is 7.44. The molecule has 0 heterocycles. The van der Waals surface area contributed by atoms with Gasteiger partial charge >= 0.3 is 0 Å². The molecule has 1 aliphatic carbocycles. The third-order valence-corrected chi connectivity index (χ3v) is 4.11. The molecule has 0 fully saturated rings. The number of nitrogens with zero attached hydrogens (tertiary/aromatic N) is 1. The lowest BCUT2D eigenvalue weighted by atomic mass is 9.87. The van der Waals surface area contributed by atoms with Crippen molar-refractivity contribution in [3.63, 3.8) is 0 Å². The van der Waals surface area contributed by atoms with Gasteiger partial charge in [0.05, 0.1) is 0 Å². The van der Waals surface area contributed by atoms with Crippen molar-refractivity contribution in [1.82, 2.24) is 0 Å². The number of fused-ring (bicyclic) bond motifs is 1. The molecule has 0 spiro atoms. The van der Waals surface area contributed by atoms with Crippen LogP contribution < -0.4 is 0 Å². The molecule has 0 amide bonds. The van der Waals surface area contributed by atoms with Crippen molar-refractivity contribution in [3.05, 3.63) is 46.2 Å². The van der Waals surface area contributed by atoms with Crippen LogP contribution in [0.1, 0.15) is 62.3 Å². The van der Waals surface area contributed by atoms with E-state index in [2.05, 4.69) is 44.8 Å². The maximum atomic E-state index is 4.63. The van der Waals surface area contributed by atoms with Gasteiger partial charge in [-0.05, 0) is 81.2 Å². The Morgan fingerprint density at radius 1 is 1.16 bits per heavy atom. The van der Waals surface area contributed by atoms with Crippen molar-refractivity contribution in [2.24, 2.45) is 4.99 Å². The second kappa shape index (κ2) is 6.18. The van der Waals surface area contributed by atoms with Gasteiger partial charge in [-0.25, -0.2) is 0 Å². The molecule has 2 rings (SSSR count). The maximum Gasteiger partial charge on any atom is 0.0447 e. The van der Waals surface area contributed by atoms with E-state index in [0.29, 0.717) is 0 Å². The zero-order valence-electron chi connectivity index (χ0n) is 12.7. The summed E-state index contributed by atoms with van der Waals surface area (Å²) in [6.07, 6.45) is 8.24. The van der Waals surface area contributed by atoms with Crippen molar-refractivity contribution in [2.45, 2.75) is 59.8 Å². The van der Waals surface area contributed by atoms with Crippen LogP contribution in [0.25, 0.3) is 0 Å². The topological polar surface area (TPSA) is 12.4 Å². The van der Waals surface area contributed by atoms with Crippen molar-refractivity contribution < 1.29 is 0 Å². The summed E-state index contributed by atoms with van der Waals surface area (Å²) in [6.45, 7) is 8.63. The lowest BCUT2D eigenvalue weighted by molar-refractivity contribution is 0.685. The molecule has 19 heavy (non-hydrogen) atoms. The van der Waals surface area contributed by atoms with E-state index >= 15 is 0 Å². The van der Waals surface area contributed by atoms with E-state index in [4.69, 9.17) is 0 Å². The molecule has 0 atom stereocenters. The van der Waals surface area contributed by atoms with Crippen molar-refractivity contribution in [3.8, 4) is 0 Å². The summed E-state index contributed by atoms with van der Waals surface area (Å²) in [5.74, 6) is 0. The van der Waals surface area contributed by atoms with Gasteiger partial charge in [0.15, 0.2) is 0 Å². The van der Waals surface area contributed by atoms with E-state index < -0.39 is 0 Å². The largest absolute Gasteiger partial charge is 0.261 e. The molecule has 0 aromatic heterocycles. The molecule has 0 N–H and O–H groups in total. The van der Waals surface area contributed by atoms with Crippen LogP contribution in [-0.2, 0) is 12.8 Å². The minimum Gasteiger partial charge on any atom is -0.261 e. The van der Waals surface area contributed by atoms with Crippen LogP contribution >= 0.6 is 0 Å². The SMILES string of the molecule is CC/C(C)=C/N=C(C)c1cc2c(cc1C)CCCC2. The third-order valence-electron chi connectivity index (χ3n) is 4.11. The van der Waals surface area contributed by atoms with E-state index in [-0.39, 0.29) is 0 Å². The number of allylic oxidation sites excluding steroid dienone is 1. The summed E-state index contributed by atoms with van der Waals surface area (Å²) in [5.41, 5.74) is 8.25. The van der Waals surface area contributed by atoms with Crippen LogP contribution in [0.4, 0.5) is 0 Å².